The van der Waals surface area contributed by atoms with Crippen LogP contribution in [-0.2, 0) is 0 Å². The van der Waals surface area contributed by atoms with Crippen LogP contribution in [-0.4, -0.2) is 25.0 Å². The Labute approximate surface area is 83.7 Å². The molecule has 13 heavy (non-hydrogen) atoms. The van der Waals surface area contributed by atoms with E-state index in [0.717, 1.165) is 13.1 Å². The van der Waals surface area contributed by atoms with Crippen LogP contribution in [0, 0.1) is 0 Å². The Bertz CT molecular complexity index is 243. The van der Waals surface area contributed by atoms with Gasteiger partial charge in [-0.3, -0.25) is 0 Å². The molecule has 0 aliphatic rings. The van der Waals surface area contributed by atoms with Crippen molar-refractivity contribution in [3.8, 4) is 0 Å². The molecule has 1 heterocycles. The summed E-state index contributed by atoms with van der Waals surface area (Å²) >= 11 is 1.71. The van der Waals surface area contributed by atoms with E-state index in [1.807, 2.05) is 12.1 Å². The number of rotatable bonds is 5. The molecule has 0 spiro atoms. The summed E-state index contributed by atoms with van der Waals surface area (Å²) in [5.74, 6) is 0. The predicted octanol–water partition coefficient (Wildman–Crippen LogP) is 1.87. The maximum Gasteiger partial charge on any atom is 0.0519 e. The highest BCUT2D eigenvalue weighted by Crippen LogP contribution is 2.16. The van der Waals surface area contributed by atoms with Gasteiger partial charge in [-0.15, -0.1) is 17.9 Å². The minimum atomic E-state index is 0.130. The van der Waals surface area contributed by atoms with Crippen molar-refractivity contribution in [1.82, 2.24) is 4.90 Å². The van der Waals surface area contributed by atoms with Gasteiger partial charge in [0.15, 0.2) is 0 Å². The predicted molar refractivity (Wildman–Crippen MR) is 58.9 cm³/mol. The Morgan fingerprint density at radius 1 is 1.77 bits per heavy atom. The van der Waals surface area contributed by atoms with Crippen molar-refractivity contribution >= 4 is 11.3 Å². The SMILES string of the molecule is C=CCN(C)CC(N)c1cccs1. The van der Waals surface area contributed by atoms with Gasteiger partial charge < -0.3 is 10.6 Å². The maximum atomic E-state index is 6.01. The molecule has 0 radical (unpaired) electrons. The molecule has 1 aromatic rings. The van der Waals surface area contributed by atoms with Gasteiger partial charge in [-0.25, -0.2) is 0 Å². The second-order valence-corrected chi connectivity index (χ2v) is 4.11. The first-order valence-electron chi connectivity index (χ1n) is 4.32. The van der Waals surface area contributed by atoms with Crippen molar-refractivity contribution in [2.75, 3.05) is 20.1 Å². The Morgan fingerprint density at radius 2 is 2.54 bits per heavy atom. The highest BCUT2D eigenvalue weighted by molar-refractivity contribution is 7.10. The molecule has 1 unspecified atom stereocenters. The van der Waals surface area contributed by atoms with E-state index in [2.05, 4.69) is 30.0 Å². The lowest BCUT2D eigenvalue weighted by Gasteiger charge is -2.18. The number of nitrogens with zero attached hydrogens (tertiary/aromatic N) is 1. The van der Waals surface area contributed by atoms with E-state index < -0.39 is 0 Å². The lowest BCUT2D eigenvalue weighted by Crippen LogP contribution is -2.28. The zero-order valence-corrected chi connectivity index (χ0v) is 8.76. The summed E-state index contributed by atoms with van der Waals surface area (Å²) in [6.45, 7) is 5.46. The number of likely N-dealkylation sites (N-methyl/N-ethyl adjacent to an activating group) is 1. The minimum Gasteiger partial charge on any atom is -0.322 e. The first-order valence-corrected chi connectivity index (χ1v) is 5.20. The molecular formula is C10H16N2S. The summed E-state index contributed by atoms with van der Waals surface area (Å²) in [6.07, 6.45) is 1.89. The number of nitrogens with two attached hydrogens (primary N) is 1. The van der Waals surface area contributed by atoms with Crippen LogP contribution in [0.3, 0.4) is 0 Å². The van der Waals surface area contributed by atoms with Gasteiger partial charge in [0, 0.05) is 18.0 Å². The van der Waals surface area contributed by atoms with Crippen LogP contribution in [0.2, 0.25) is 0 Å². The van der Waals surface area contributed by atoms with Crippen LogP contribution in [0.5, 0.6) is 0 Å². The molecule has 1 atom stereocenters. The summed E-state index contributed by atoms with van der Waals surface area (Å²) < 4.78 is 0. The van der Waals surface area contributed by atoms with E-state index in [1.165, 1.54) is 4.88 Å². The first kappa shape index (κ1) is 10.4. The highest BCUT2D eigenvalue weighted by Gasteiger charge is 2.08. The second-order valence-electron chi connectivity index (χ2n) is 3.13. The van der Waals surface area contributed by atoms with Gasteiger partial charge in [0.25, 0.3) is 0 Å². The molecule has 1 rings (SSSR count). The summed E-state index contributed by atoms with van der Waals surface area (Å²) in [5, 5.41) is 2.06. The molecule has 0 aromatic carbocycles. The molecule has 0 amide bonds. The van der Waals surface area contributed by atoms with Gasteiger partial charge >= 0.3 is 0 Å². The molecule has 3 heteroatoms. The van der Waals surface area contributed by atoms with Gasteiger partial charge in [-0.05, 0) is 18.5 Å². The molecule has 1 aromatic heterocycles. The molecular weight excluding hydrogens is 180 g/mol. The molecule has 0 saturated heterocycles. The minimum absolute atomic E-state index is 0.130. The molecule has 0 aliphatic heterocycles. The van der Waals surface area contributed by atoms with Gasteiger partial charge in [-0.1, -0.05) is 12.1 Å². The van der Waals surface area contributed by atoms with Crippen LogP contribution in [0.4, 0.5) is 0 Å². The van der Waals surface area contributed by atoms with Gasteiger partial charge in [0.2, 0.25) is 0 Å². The number of hydrogen-bond donors (Lipinski definition) is 1. The van der Waals surface area contributed by atoms with Crippen molar-refractivity contribution < 1.29 is 0 Å². The lowest BCUT2D eigenvalue weighted by atomic mass is 10.2. The zero-order chi connectivity index (χ0) is 9.68. The van der Waals surface area contributed by atoms with Crippen molar-refractivity contribution in [3.63, 3.8) is 0 Å². The number of hydrogen-bond acceptors (Lipinski definition) is 3. The van der Waals surface area contributed by atoms with Crippen LogP contribution < -0.4 is 5.73 Å². The Morgan fingerprint density at radius 3 is 3.08 bits per heavy atom. The van der Waals surface area contributed by atoms with Crippen molar-refractivity contribution in [2.24, 2.45) is 5.73 Å². The molecule has 0 saturated carbocycles. The van der Waals surface area contributed by atoms with E-state index >= 15 is 0 Å². The summed E-state index contributed by atoms with van der Waals surface area (Å²) in [5.41, 5.74) is 6.01. The normalized spacial score (nSPS) is 13.2. The molecule has 72 valence electrons. The van der Waals surface area contributed by atoms with E-state index in [1.54, 1.807) is 11.3 Å². The molecule has 0 bridgehead atoms. The fourth-order valence-electron chi connectivity index (χ4n) is 1.22. The van der Waals surface area contributed by atoms with Crippen molar-refractivity contribution in [2.45, 2.75) is 6.04 Å². The smallest absolute Gasteiger partial charge is 0.0519 e. The standard InChI is InChI=1S/C10H16N2S/c1-3-6-12(2)8-9(11)10-5-4-7-13-10/h3-5,7,9H,1,6,8,11H2,2H3. The van der Waals surface area contributed by atoms with E-state index in [0.29, 0.717) is 0 Å². The zero-order valence-electron chi connectivity index (χ0n) is 7.94. The van der Waals surface area contributed by atoms with Crippen LogP contribution in [0.15, 0.2) is 30.2 Å². The third kappa shape index (κ3) is 3.30. The van der Waals surface area contributed by atoms with E-state index in [4.69, 9.17) is 5.73 Å². The quantitative estimate of drug-likeness (QED) is 0.728. The number of thiophene rings is 1. The molecule has 2 N–H and O–H groups in total. The Balaban J connectivity index is 2.41. The Hall–Kier alpha value is -0.640. The van der Waals surface area contributed by atoms with Gasteiger partial charge in [-0.2, -0.15) is 0 Å². The molecule has 0 aliphatic carbocycles. The fraction of sp³-hybridized carbons (Fsp3) is 0.400. The summed E-state index contributed by atoms with van der Waals surface area (Å²) in [4.78, 5) is 3.41. The highest BCUT2D eigenvalue weighted by atomic mass is 32.1. The van der Waals surface area contributed by atoms with Gasteiger partial charge in [0.1, 0.15) is 0 Å². The van der Waals surface area contributed by atoms with Crippen molar-refractivity contribution in [1.29, 1.82) is 0 Å². The monoisotopic (exact) mass is 196 g/mol. The second kappa shape index (κ2) is 5.17. The maximum absolute atomic E-state index is 6.01. The summed E-state index contributed by atoms with van der Waals surface area (Å²) in [7, 11) is 2.05. The van der Waals surface area contributed by atoms with Crippen molar-refractivity contribution in [3.05, 3.63) is 35.0 Å². The van der Waals surface area contributed by atoms with E-state index in [-0.39, 0.29) is 6.04 Å². The average molecular weight is 196 g/mol. The topological polar surface area (TPSA) is 29.3 Å². The van der Waals surface area contributed by atoms with Gasteiger partial charge in [0.05, 0.1) is 6.04 Å². The summed E-state index contributed by atoms with van der Waals surface area (Å²) in [6, 6.07) is 4.25. The largest absolute Gasteiger partial charge is 0.322 e. The average Bonchev–Trinajstić information content (AvgIpc) is 2.55. The molecule has 0 fully saturated rings. The van der Waals surface area contributed by atoms with Crippen LogP contribution in [0.1, 0.15) is 10.9 Å². The van der Waals surface area contributed by atoms with Crippen LogP contribution in [0.25, 0.3) is 0 Å². The third-order valence-corrected chi connectivity index (χ3v) is 2.86. The third-order valence-electron chi connectivity index (χ3n) is 1.86. The Kier molecular flexibility index (Phi) is 4.15. The lowest BCUT2D eigenvalue weighted by molar-refractivity contribution is 0.346. The fourth-order valence-corrected chi connectivity index (χ4v) is 1.94. The van der Waals surface area contributed by atoms with E-state index in [9.17, 15) is 0 Å². The molecule has 2 nitrogen and oxygen atoms in total. The van der Waals surface area contributed by atoms with Crippen LogP contribution >= 0.6 is 11.3 Å². The first-order chi connectivity index (χ1) is 6.24.